The lowest BCUT2D eigenvalue weighted by Crippen LogP contribution is -2.25. The van der Waals surface area contributed by atoms with Crippen LogP contribution in [-0.2, 0) is 0 Å². The first kappa shape index (κ1) is 14.7. The highest BCUT2D eigenvalue weighted by Crippen LogP contribution is 2.11. The van der Waals surface area contributed by atoms with Gasteiger partial charge in [0.05, 0.1) is 12.1 Å². The summed E-state index contributed by atoms with van der Waals surface area (Å²) >= 11 is 0. The van der Waals surface area contributed by atoms with Gasteiger partial charge in [0.1, 0.15) is 23.0 Å². The highest BCUT2D eigenvalue weighted by Gasteiger charge is 2.15. The normalized spacial score (nSPS) is 9.67. The first-order valence-electron chi connectivity index (χ1n) is 6.05. The maximum absolute atomic E-state index is 13.3. The van der Waals surface area contributed by atoms with E-state index >= 15 is 0 Å². The third-order valence-corrected chi connectivity index (χ3v) is 2.62. The summed E-state index contributed by atoms with van der Waals surface area (Å²) in [5.74, 6) is 1.75. The maximum atomic E-state index is 13.3. The van der Waals surface area contributed by atoms with Gasteiger partial charge in [0.25, 0.3) is 5.91 Å². The van der Waals surface area contributed by atoms with Crippen molar-refractivity contribution in [3.05, 3.63) is 71.0 Å². The number of hydrogen-bond donors (Lipinski definition) is 1. The van der Waals surface area contributed by atoms with Gasteiger partial charge in [0.2, 0.25) is 0 Å². The van der Waals surface area contributed by atoms with E-state index in [1.54, 1.807) is 6.07 Å². The highest BCUT2D eigenvalue weighted by atomic mass is 19.1. The molecule has 0 radical (unpaired) electrons. The molecule has 0 fully saturated rings. The minimum absolute atomic E-state index is 0.152. The zero-order chi connectivity index (χ0) is 15.2. The van der Waals surface area contributed by atoms with Crippen molar-refractivity contribution in [1.82, 2.24) is 5.32 Å². The Labute approximate surface area is 119 Å². The summed E-state index contributed by atoms with van der Waals surface area (Å²) in [5.41, 5.74) is -0.478. The molecule has 106 valence electrons. The molecule has 0 atom stereocenters. The Morgan fingerprint density at radius 2 is 1.57 bits per heavy atom. The Balaban J connectivity index is 2.02. The van der Waals surface area contributed by atoms with Crippen LogP contribution in [-0.4, -0.2) is 12.5 Å². The molecule has 2 aromatic carbocycles. The van der Waals surface area contributed by atoms with Crippen molar-refractivity contribution in [2.45, 2.75) is 0 Å². The number of benzene rings is 2. The van der Waals surface area contributed by atoms with Gasteiger partial charge in [-0.25, -0.2) is 13.2 Å². The molecule has 0 heterocycles. The molecule has 0 aliphatic carbocycles. The van der Waals surface area contributed by atoms with E-state index in [1.165, 1.54) is 24.3 Å². The number of hydrogen-bond acceptors (Lipinski definition) is 1. The quantitative estimate of drug-likeness (QED) is 0.846. The van der Waals surface area contributed by atoms with E-state index in [9.17, 15) is 18.0 Å². The Hall–Kier alpha value is -2.74. The summed E-state index contributed by atoms with van der Waals surface area (Å²) < 4.78 is 39.9. The Morgan fingerprint density at radius 1 is 0.952 bits per heavy atom. The van der Waals surface area contributed by atoms with E-state index in [0.717, 1.165) is 12.1 Å². The molecule has 5 heteroatoms. The molecule has 0 saturated carbocycles. The molecule has 0 aliphatic heterocycles. The second kappa shape index (κ2) is 6.62. The second-order valence-corrected chi connectivity index (χ2v) is 4.06. The van der Waals surface area contributed by atoms with Gasteiger partial charge < -0.3 is 5.32 Å². The van der Waals surface area contributed by atoms with Gasteiger partial charge in [-0.3, -0.25) is 4.79 Å². The summed E-state index contributed by atoms with van der Waals surface area (Å²) in [6.45, 7) is -0.152. The largest absolute Gasteiger partial charge is 0.341 e. The van der Waals surface area contributed by atoms with Crippen molar-refractivity contribution in [2.75, 3.05) is 6.54 Å². The number of carbonyl (C=O) groups is 1. The van der Waals surface area contributed by atoms with Crippen LogP contribution < -0.4 is 5.32 Å². The molecule has 1 amide bonds. The van der Waals surface area contributed by atoms with Crippen LogP contribution in [0.5, 0.6) is 0 Å². The van der Waals surface area contributed by atoms with Gasteiger partial charge in [-0.15, -0.1) is 0 Å². The molecule has 2 rings (SSSR count). The molecule has 0 saturated heterocycles. The molecule has 0 bridgehead atoms. The van der Waals surface area contributed by atoms with Crippen LogP contribution in [0.15, 0.2) is 42.5 Å². The van der Waals surface area contributed by atoms with E-state index in [4.69, 9.17) is 0 Å². The SMILES string of the molecule is O=C(NCC#Cc1ccccc1F)c1c(F)cccc1F. The Bertz CT molecular complexity index is 712. The van der Waals surface area contributed by atoms with Crippen molar-refractivity contribution in [3.63, 3.8) is 0 Å². The van der Waals surface area contributed by atoms with E-state index < -0.39 is 28.9 Å². The summed E-state index contributed by atoms with van der Waals surface area (Å²) in [4.78, 5) is 11.6. The van der Waals surface area contributed by atoms with Gasteiger partial charge in [-0.1, -0.05) is 30.0 Å². The molecule has 0 aromatic heterocycles. The van der Waals surface area contributed by atoms with Crippen molar-refractivity contribution in [3.8, 4) is 11.8 Å². The topological polar surface area (TPSA) is 29.1 Å². The van der Waals surface area contributed by atoms with Crippen molar-refractivity contribution in [2.24, 2.45) is 0 Å². The summed E-state index contributed by atoms with van der Waals surface area (Å²) in [7, 11) is 0. The third-order valence-electron chi connectivity index (χ3n) is 2.62. The van der Waals surface area contributed by atoms with Crippen LogP contribution in [0, 0.1) is 29.3 Å². The number of halogens is 3. The molecule has 0 unspecified atom stereocenters. The lowest BCUT2D eigenvalue weighted by molar-refractivity contribution is 0.0950. The predicted molar refractivity (Wildman–Crippen MR) is 72.0 cm³/mol. The molecule has 21 heavy (non-hydrogen) atoms. The van der Waals surface area contributed by atoms with Crippen LogP contribution in [0.1, 0.15) is 15.9 Å². The first-order valence-corrected chi connectivity index (χ1v) is 6.05. The van der Waals surface area contributed by atoms with Crippen molar-refractivity contribution >= 4 is 5.91 Å². The summed E-state index contributed by atoms with van der Waals surface area (Å²) in [5, 5.41) is 2.26. The first-order chi connectivity index (χ1) is 10.1. The molecule has 0 spiro atoms. The number of amides is 1. The van der Waals surface area contributed by atoms with Crippen LogP contribution >= 0.6 is 0 Å². The monoisotopic (exact) mass is 289 g/mol. The van der Waals surface area contributed by atoms with Crippen LogP contribution in [0.4, 0.5) is 13.2 Å². The molecular formula is C16H10F3NO. The van der Waals surface area contributed by atoms with Crippen molar-refractivity contribution < 1.29 is 18.0 Å². The molecule has 2 aromatic rings. The molecular weight excluding hydrogens is 279 g/mol. The Kier molecular flexibility index (Phi) is 4.62. The van der Waals surface area contributed by atoms with Crippen LogP contribution in [0.25, 0.3) is 0 Å². The fraction of sp³-hybridized carbons (Fsp3) is 0.0625. The Morgan fingerprint density at radius 3 is 2.24 bits per heavy atom. The van der Waals surface area contributed by atoms with E-state index in [0.29, 0.717) is 0 Å². The lowest BCUT2D eigenvalue weighted by atomic mass is 10.2. The zero-order valence-corrected chi connectivity index (χ0v) is 10.8. The lowest BCUT2D eigenvalue weighted by Gasteiger charge is -2.03. The standard InChI is InChI=1S/C16H10F3NO/c17-12-7-2-1-5-11(12)6-4-10-20-16(21)15-13(18)8-3-9-14(15)19/h1-3,5,7-9H,10H2,(H,20,21). The van der Waals surface area contributed by atoms with Crippen LogP contribution in [0.3, 0.4) is 0 Å². The molecule has 1 N–H and O–H groups in total. The number of rotatable bonds is 2. The maximum Gasteiger partial charge on any atom is 0.258 e. The minimum Gasteiger partial charge on any atom is -0.341 e. The predicted octanol–water partition coefficient (Wildman–Crippen LogP) is 2.89. The van der Waals surface area contributed by atoms with Gasteiger partial charge in [-0.05, 0) is 24.3 Å². The number of carbonyl (C=O) groups excluding carboxylic acids is 1. The van der Waals surface area contributed by atoms with E-state index in [2.05, 4.69) is 17.2 Å². The average Bonchev–Trinajstić information content (AvgIpc) is 2.45. The van der Waals surface area contributed by atoms with Crippen molar-refractivity contribution in [1.29, 1.82) is 0 Å². The fourth-order valence-electron chi connectivity index (χ4n) is 1.63. The van der Waals surface area contributed by atoms with E-state index in [-0.39, 0.29) is 12.1 Å². The van der Waals surface area contributed by atoms with E-state index in [1.807, 2.05) is 0 Å². The highest BCUT2D eigenvalue weighted by molar-refractivity contribution is 5.94. The minimum atomic E-state index is -0.949. The molecule has 2 nitrogen and oxygen atoms in total. The molecule has 0 aliphatic rings. The van der Waals surface area contributed by atoms with Crippen LogP contribution in [0.2, 0.25) is 0 Å². The second-order valence-electron chi connectivity index (χ2n) is 4.06. The third kappa shape index (κ3) is 3.63. The fourth-order valence-corrected chi connectivity index (χ4v) is 1.63. The van der Waals surface area contributed by atoms with Gasteiger partial charge >= 0.3 is 0 Å². The summed E-state index contributed by atoms with van der Waals surface area (Å²) in [6, 6.07) is 9.05. The summed E-state index contributed by atoms with van der Waals surface area (Å²) in [6.07, 6.45) is 0. The zero-order valence-electron chi connectivity index (χ0n) is 10.8. The number of nitrogens with one attached hydrogen (secondary N) is 1. The van der Waals surface area contributed by atoms with Gasteiger partial charge in [-0.2, -0.15) is 0 Å². The average molecular weight is 289 g/mol. The van der Waals surface area contributed by atoms with Gasteiger partial charge in [0.15, 0.2) is 0 Å². The smallest absolute Gasteiger partial charge is 0.258 e. The van der Waals surface area contributed by atoms with Gasteiger partial charge in [0, 0.05) is 0 Å².